The van der Waals surface area contributed by atoms with E-state index in [0.29, 0.717) is 40.0 Å². The van der Waals surface area contributed by atoms with Crippen LogP contribution in [-0.2, 0) is 0 Å². The monoisotopic (exact) mass is 659 g/mol. The van der Waals surface area contributed by atoms with Gasteiger partial charge in [0.2, 0.25) is 0 Å². The molecule has 5 rings (SSSR count). The van der Waals surface area contributed by atoms with Gasteiger partial charge in [0.1, 0.15) is 5.75 Å². The maximum absolute atomic E-state index is 14.1. The number of likely N-dealkylation sites (tertiary alicyclic amines) is 1. The van der Waals surface area contributed by atoms with Crippen molar-refractivity contribution in [1.29, 1.82) is 0 Å². The molecule has 6 nitrogen and oxygen atoms in total. The summed E-state index contributed by atoms with van der Waals surface area (Å²) in [5.41, 5.74) is 4.82. The van der Waals surface area contributed by atoms with Crippen LogP contribution in [0, 0.1) is 6.92 Å². The molecule has 2 amide bonds. The standard InChI is InChI=1S/C35H42ClN3O3.2ClH/c1-24-10-5-6-12-28(24)33(40)37-27-14-15-29(32(23-27)42-4)34(41)39-20-9-11-25(30-22-26(36)13-16-31(30)39)17-21-38-19-8-7-18-35(38,2)3;;/h5-6,10,12-16,22-23,25H,7-9,11,17-21H2,1-4H3,(H,37,40);2*1H. The van der Waals surface area contributed by atoms with Gasteiger partial charge in [-0.2, -0.15) is 0 Å². The highest BCUT2D eigenvalue weighted by atomic mass is 35.5. The third-order valence-electron chi connectivity index (χ3n) is 9.05. The number of nitrogens with one attached hydrogen (secondary N) is 1. The second-order valence-electron chi connectivity index (χ2n) is 12.2. The zero-order valence-corrected chi connectivity index (χ0v) is 28.4. The van der Waals surface area contributed by atoms with Gasteiger partial charge in [-0.05, 0) is 119 Å². The Morgan fingerprint density at radius 3 is 2.48 bits per heavy atom. The predicted molar refractivity (Wildman–Crippen MR) is 186 cm³/mol. The molecule has 2 aliphatic heterocycles. The van der Waals surface area contributed by atoms with Gasteiger partial charge in [-0.1, -0.05) is 36.2 Å². The summed E-state index contributed by atoms with van der Waals surface area (Å²) in [6.07, 6.45) is 6.74. The quantitative estimate of drug-likeness (QED) is 0.275. The van der Waals surface area contributed by atoms with Gasteiger partial charge < -0.3 is 15.0 Å². The summed E-state index contributed by atoms with van der Waals surface area (Å²) < 4.78 is 5.67. The first-order chi connectivity index (χ1) is 20.2. The Kier molecular flexibility index (Phi) is 12.6. The molecule has 3 aromatic rings. The van der Waals surface area contributed by atoms with Gasteiger partial charge in [0, 0.05) is 40.1 Å². The molecule has 1 unspecified atom stereocenters. The smallest absolute Gasteiger partial charge is 0.262 e. The molecule has 2 aliphatic rings. The molecular weight excluding hydrogens is 617 g/mol. The van der Waals surface area contributed by atoms with Crippen molar-refractivity contribution in [2.24, 2.45) is 0 Å². The van der Waals surface area contributed by atoms with Crippen LogP contribution in [0.2, 0.25) is 5.02 Å². The Bertz CT molecular complexity index is 1460. The van der Waals surface area contributed by atoms with Crippen LogP contribution in [0.3, 0.4) is 0 Å². The zero-order chi connectivity index (χ0) is 29.9. The number of rotatable bonds is 7. The molecular formula is C35H44Cl3N3O3. The highest BCUT2D eigenvalue weighted by Crippen LogP contribution is 2.40. The number of ether oxygens (including phenoxy) is 1. The van der Waals surface area contributed by atoms with E-state index in [1.807, 2.05) is 42.2 Å². The summed E-state index contributed by atoms with van der Waals surface area (Å²) in [7, 11) is 1.55. The van der Waals surface area contributed by atoms with Crippen LogP contribution in [0.25, 0.3) is 0 Å². The highest BCUT2D eigenvalue weighted by Gasteiger charge is 2.32. The molecule has 1 atom stereocenters. The molecule has 3 aromatic carbocycles. The molecule has 0 aromatic heterocycles. The molecule has 0 radical (unpaired) electrons. The number of carbonyl (C=O) groups excluding carboxylic acids is 2. The lowest BCUT2D eigenvalue weighted by Gasteiger charge is -2.43. The minimum absolute atomic E-state index is 0. The molecule has 0 bridgehead atoms. The first-order valence-electron chi connectivity index (χ1n) is 15.1. The summed E-state index contributed by atoms with van der Waals surface area (Å²) in [6.45, 7) is 9.43. The van der Waals surface area contributed by atoms with Crippen LogP contribution in [-0.4, -0.2) is 49.0 Å². The van der Waals surface area contributed by atoms with Crippen LogP contribution in [0.15, 0.2) is 60.7 Å². The average molecular weight is 661 g/mol. The van der Waals surface area contributed by atoms with Crippen molar-refractivity contribution in [3.05, 3.63) is 87.9 Å². The number of methoxy groups -OCH3 is 1. The molecule has 44 heavy (non-hydrogen) atoms. The Labute approximate surface area is 279 Å². The van der Waals surface area contributed by atoms with Gasteiger partial charge in [0.25, 0.3) is 11.8 Å². The molecule has 9 heteroatoms. The summed E-state index contributed by atoms with van der Waals surface area (Å²) in [6, 6.07) is 18.6. The Morgan fingerprint density at radius 1 is 0.977 bits per heavy atom. The van der Waals surface area contributed by atoms with E-state index in [2.05, 4.69) is 30.1 Å². The lowest BCUT2D eigenvalue weighted by atomic mass is 9.87. The van der Waals surface area contributed by atoms with Gasteiger partial charge in [0.05, 0.1) is 12.7 Å². The van der Waals surface area contributed by atoms with Gasteiger partial charge in [0.15, 0.2) is 0 Å². The zero-order valence-electron chi connectivity index (χ0n) is 26.0. The molecule has 0 saturated carbocycles. The number of aryl methyl sites for hydroxylation is 1. The van der Waals surface area contributed by atoms with Crippen LogP contribution in [0.4, 0.5) is 11.4 Å². The maximum atomic E-state index is 14.1. The van der Waals surface area contributed by atoms with Gasteiger partial charge in [-0.3, -0.25) is 14.5 Å². The van der Waals surface area contributed by atoms with E-state index in [1.165, 1.54) is 19.3 Å². The number of anilines is 2. The Hall–Kier alpha value is -2.77. The molecule has 0 spiro atoms. The molecule has 1 fully saturated rings. The van der Waals surface area contributed by atoms with Crippen LogP contribution < -0.4 is 15.0 Å². The fourth-order valence-corrected chi connectivity index (χ4v) is 6.73. The van der Waals surface area contributed by atoms with Crippen molar-refractivity contribution in [2.45, 2.75) is 70.8 Å². The van der Waals surface area contributed by atoms with E-state index in [4.69, 9.17) is 16.3 Å². The first kappa shape index (κ1) is 35.7. The topological polar surface area (TPSA) is 61.9 Å². The Morgan fingerprint density at radius 2 is 1.75 bits per heavy atom. The van der Waals surface area contributed by atoms with Gasteiger partial charge in [-0.25, -0.2) is 0 Å². The SMILES string of the molecule is COc1cc(NC(=O)c2ccccc2C)ccc1C(=O)N1CCCC(CCN2CCCCC2(C)C)c2cc(Cl)ccc21.Cl.Cl. The maximum Gasteiger partial charge on any atom is 0.262 e. The highest BCUT2D eigenvalue weighted by molar-refractivity contribution is 6.30. The van der Waals surface area contributed by atoms with Crippen LogP contribution >= 0.6 is 36.4 Å². The van der Waals surface area contributed by atoms with Crippen molar-refractivity contribution in [2.75, 3.05) is 37.0 Å². The van der Waals surface area contributed by atoms with E-state index < -0.39 is 0 Å². The second kappa shape index (κ2) is 15.5. The molecule has 0 aliphatic carbocycles. The van der Waals surface area contributed by atoms with Gasteiger partial charge in [-0.15, -0.1) is 24.8 Å². The fraction of sp³-hybridized carbons (Fsp3) is 0.429. The minimum Gasteiger partial charge on any atom is -0.496 e. The summed E-state index contributed by atoms with van der Waals surface area (Å²) in [4.78, 5) is 31.5. The number of amides is 2. The number of carbonyl (C=O) groups is 2. The fourth-order valence-electron chi connectivity index (χ4n) is 6.55. The number of hydrogen-bond donors (Lipinski definition) is 1. The number of halogens is 3. The lowest BCUT2D eigenvalue weighted by molar-refractivity contribution is 0.0734. The van der Waals surface area contributed by atoms with E-state index >= 15 is 0 Å². The van der Waals surface area contributed by atoms with Gasteiger partial charge >= 0.3 is 0 Å². The van der Waals surface area contributed by atoms with E-state index in [-0.39, 0.29) is 42.2 Å². The number of hydrogen-bond acceptors (Lipinski definition) is 4. The van der Waals surface area contributed by atoms with Crippen LogP contribution in [0.1, 0.15) is 90.1 Å². The summed E-state index contributed by atoms with van der Waals surface area (Å²) in [5, 5.41) is 3.63. The Balaban J connectivity index is 0.00000264. The molecule has 1 N–H and O–H groups in total. The van der Waals surface area contributed by atoms with E-state index in [9.17, 15) is 9.59 Å². The van der Waals surface area contributed by atoms with E-state index in [1.54, 1.807) is 31.4 Å². The van der Waals surface area contributed by atoms with Crippen LogP contribution in [0.5, 0.6) is 5.75 Å². The van der Waals surface area contributed by atoms with E-state index in [0.717, 1.165) is 49.2 Å². The van der Waals surface area contributed by atoms with Crippen molar-refractivity contribution in [3.8, 4) is 5.75 Å². The largest absolute Gasteiger partial charge is 0.496 e. The molecule has 2 heterocycles. The third-order valence-corrected chi connectivity index (χ3v) is 9.28. The summed E-state index contributed by atoms with van der Waals surface area (Å²) >= 11 is 6.53. The number of nitrogens with zero attached hydrogens (tertiary/aromatic N) is 2. The minimum atomic E-state index is -0.202. The van der Waals surface area contributed by atoms with Crippen molar-refractivity contribution >= 4 is 59.6 Å². The first-order valence-corrected chi connectivity index (χ1v) is 15.5. The molecule has 1 saturated heterocycles. The average Bonchev–Trinajstić information content (AvgIpc) is 3.15. The second-order valence-corrected chi connectivity index (χ2v) is 12.7. The number of piperidine rings is 1. The molecule has 238 valence electrons. The van der Waals surface area contributed by atoms with Crippen molar-refractivity contribution in [1.82, 2.24) is 4.90 Å². The number of benzene rings is 3. The summed E-state index contributed by atoms with van der Waals surface area (Å²) in [5.74, 6) is 0.429. The van der Waals surface area contributed by atoms with Crippen molar-refractivity contribution in [3.63, 3.8) is 0 Å². The lowest BCUT2D eigenvalue weighted by Crippen LogP contribution is -2.47. The van der Waals surface area contributed by atoms with Crippen molar-refractivity contribution < 1.29 is 14.3 Å². The normalized spacial score (nSPS) is 17.8. The number of fused-ring (bicyclic) bond motifs is 1. The predicted octanol–water partition coefficient (Wildman–Crippen LogP) is 8.93. The third kappa shape index (κ3) is 7.89.